The molecule has 1 aliphatic carbocycles. The quantitative estimate of drug-likeness (QED) is 0.875. The molecular formula is C20H28N6O. The highest BCUT2D eigenvalue weighted by Gasteiger charge is 2.33. The molecule has 7 heteroatoms. The van der Waals surface area contributed by atoms with Gasteiger partial charge in [-0.15, -0.1) is 5.10 Å². The van der Waals surface area contributed by atoms with Crippen LogP contribution in [0.3, 0.4) is 0 Å². The first-order chi connectivity index (χ1) is 13.2. The maximum atomic E-state index is 11.6. The van der Waals surface area contributed by atoms with Gasteiger partial charge in [-0.1, -0.05) is 49.6 Å². The molecule has 0 unspecified atom stereocenters. The lowest BCUT2D eigenvalue weighted by Crippen LogP contribution is -2.41. The van der Waals surface area contributed by atoms with E-state index in [9.17, 15) is 4.79 Å². The van der Waals surface area contributed by atoms with Crippen molar-refractivity contribution in [2.24, 2.45) is 11.7 Å². The predicted octanol–water partition coefficient (Wildman–Crippen LogP) is 2.46. The standard InChI is InChI=1S/C20H28N6O/c21-19(27)16-11-13-25(14-12-16)18(15-7-3-1-4-8-15)20-22-23-24-26(20)17-9-5-2-6-10-17/h1,3-4,7-8,16-18H,2,5-6,9-14H2,(H2,21,27)/t18-/m0/s1. The number of primary amides is 1. The number of carbonyl (C=O) groups is 1. The zero-order valence-corrected chi connectivity index (χ0v) is 15.7. The molecule has 0 bridgehead atoms. The molecule has 2 aliphatic rings. The van der Waals surface area contributed by atoms with E-state index in [2.05, 4.69) is 49.4 Å². The molecule has 0 radical (unpaired) electrons. The Kier molecular flexibility index (Phi) is 5.48. The number of hydrogen-bond acceptors (Lipinski definition) is 5. The van der Waals surface area contributed by atoms with E-state index in [1.165, 1.54) is 24.8 Å². The van der Waals surface area contributed by atoms with Gasteiger partial charge in [0.2, 0.25) is 5.91 Å². The highest BCUT2D eigenvalue weighted by Crippen LogP contribution is 2.34. The SMILES string of the molecule is NC(=O)C1CCN([C@@H](c2ccccc2)c2nnnn2C2CCCCC2)CC1. The Bertz CT molecular complexity index is 747. The third-order valence-electron chi connectivity index (χ3n) is 6.10. The topological polar surface area (TPSA) is 89.9 Å². The minimum Gasteiger partial charge on any atom is -0.369 e. The molecular weight excluding hydrogens is 340 g/mol. The van der Waals surface area contributed by atoms with Gasteiger partial charge in [-0.05, 0) is 54.8 Å². The molecule has 144 valence electrons. The Morgan fingerprint density at radius 2 is 1.74 bits per heavy atom. The summed E-state index contributed by atoms with van der Waals surface area (Å²) in [6, 6.07) is 10.8. The molecule has 2 fully saturated rings. The van der Waals surface area contributed by atoms with Crippen molar-refractivity contribution in [3.05, 3.63) is 41.7 Å². The second-order valence-electron chi connectivity index (χ2n) is 7.80. The fraction of sp³-hybridized carbons (Fsp3) is 0.600. The van der Waals surface area contributed by atoms with Gasteiger partial charge in [0.05, 0.1) is 12.1 Å². The fourth-order valence-electron chi connectivity index (χ4n) is 4.57. The summed E-state index contributed by atoms with van der Waals surface area (Å²) >= 11 is 0. The molecule has 7 nitrogen and oxygen atoms in total. The van der Waals surface area contributed by atoms with Crippen molar-refractivity contribution in [2.75, 3.05) is 13.1 Å². The zero-order valence-electron chi connectivity index (χ0n) is 15.7. The summed E-state index contributed by atoms with van der Waals surface area (Å²) in [7, 11) is 0. The van der Waals surface area contributed by atoms with Crippen molar-refractivity contribution in [1.29, 1.82) is 0 Å². The van der Waals surface area contributed by atoms with Crippen LogP contribution in [-0.4, -0.2) is 44.1 Å². The largest absolute Gasteiger partial charge is 0.369 e. The maximum Gasteiger partial charge on any atom is 0.220 e. The van der Waals surface area contributed by atoms with E-state index in [4.69, 9.17) is 5.73 Å². The number of rotatable bonds is 5. The molecule has 27 heavy (non-hydrogen) atoms. The first kappa shape index (κ1) is 18.1. The lowest BCUT2D eigenvalue weighted by atomic mass is 9.92. The van der Waals surface area contributed by atoms with Crippen LogP contribution in [-0.2, 0) is 4.79 Å². The summed E-state index contributed by atoms with van der Waals surface area (Å²) in [4.78, 5) is 14.0. The monoisotopic (exact) mass is 368 g/mol. The highest BCUT2D eigenvalue weighted by molar-refractivity contribution is 5.76. The van der Waals surface area contributed by atoms with Gasteiger partial charge < -0.3 is 5.73 Å². The molecule has 1 aromatic carbocycles. The summed E-state index contributed by atoms with van der Waals surface area (Å²) in [6.07, 6.45) is 7.66. The van der Waals surface area contributed by atoms with Crippen LogP contribution in [0.15, 0.2) is 30.3 Å². The Labute approximate surface area is 159 Å². The molecule has 1 atom stereocenters. The Hall–Kier alpha value is -2.28. The number of piperidine rings is 1. The van der Waals surface area contributed by atoms with Crippen LogP contribution in [0.2, 0.25) is 0 Å². The fourth-order valence-corrected chi connectivity index (χ4v) is 4.57. The number of tetrazole rings is 1. The Balaban J connectivity index is 1.64. The van der Waals surface area contributed by atoms with E-state index in [-0.39, 0.29) is 17.9 Å². The summed E-state index contributed by atoms with van der Waals surface area (Å²) < 4.78 is 2.07. The van der Waals surface area contributed by atoms with Gasteiger partial charge in [-0.3, -0.25) is 9.69 Å². The molecule has 2 aromatic rings. The molecule has 1 saturated carbocycles. The average Bonchev–Trinajstić information content (AvgIpc) is 3.19. The number of nitrogens with two attached hydrogens (primary N) is 1. The van der Waals surface area contributed by atoms with Gasteiger partial charge >= 0.3 is 0 Å². The van der Waals surface area contributed by atoms with Gasteiger partial charge in [-0.25, -0.2) is 4.68 Å². The maximum absolute atomic E-state index is 11.6. The number of benzene rings is 1. The number of nitrogens with zero attached hydrogens (tertiary/aromatic N) is 5. The van der Waals surface area contributed by atoms with Crippen molar-refractivity contribution < 1.29 is 4.79 Å². The summed E-state index contributed by atoms with van der Waals surface area (Å²) in [6.45, 7) is 1.65. The molecule has 2 N–H and O–H groups in total. The number of amides is 1. The lowest BCUT2D eigenvalue weighted by molar-refractivity contribution is -0.123. The number of aromatic nitrogens is 4. The van der Waals surface area contributed by atoms with Gasteiger partial charge in [0, 0.05) is 5.92 Å². The van der Waals surface area contributed by atoms with Crippen LogP contribution in [0.1, 0.15) is 68.4 Å². The van der Waals surface area contributed by atoms with E-state index < -0.39 is 0 Å². The molecule has 0 spiro atoms. The van der Waals surface area contributed by atoms with Crippen molar-refractivity contribution in [1.82, 2.24) is 25.1 Å². The van der Waals surface area contributed by atoms with Gasteiger partial charge in [-0.2, -0.15) is 0 Å². The second-order valence-corrected chi connectivity index (χ2v) is 7.80. The molecule has 4 rings (SSSR count). The second kappa shape index (κ2) is 8.17. The van der Waals surface area contributed by atoms with Gasteiger partial charge in [0.25, 0.3) is 0 Å². The smallest absolute Gasteiger partial charge is 0.220 e. The normalized spacial score (nSPS) is 21.2. The molecule has 1 amide bonds. The number of carbonyl (C=O) groups excluding carboxylic acids is 1. The van der Waals surface area contributed by atoms with E-state index in [1.54, 1.807) is 0 Å². The first-order valence-corrected chi connectivity index (χ1v) is 10.1. The molecule has 2 heterocycles. The minimum atomic E-state index is -0.182. The third kappa shape index (κ3) is 3.88. The predicted molar refractivity (Wildman–Crippen MR) is 102 cm³/mol. The van der Waals surface area contributed by atoms with Gasteiger partial charge in [0.1, 0.15) is 0 Å². The van der Waals surface area contributed by atoms with Crippen LogP contribution in [0, 0.1) is 5.92 Å². The van der Waals surface area contributed by atoms with Crippen molar-refractivity contribution in [3.63, 3.8) is 0 Å². The van der Waals surface area contributed by atoms with Crippen LogP contribution < -0.4 is 5.73 Å². The minimum absolute atomic E-state index is 0.0111. The van der Waals surface area contributed by atoms with Crippen LogP contribution in [0.4, 0.5) is 0 Å². The lowest BCUT2D eigenvalue weighted by Gasteiger charge is -2.37. The van der Waals surface area contributed by atoms with Crippen LogP contribution >= 0.6 is 0 Å². The zero-order chi connectivity index (χ0) is 18.6. The van der Waals surface area contributed by atoms with Crippen molar-refractivity contribution in [2.45, 2.75) is 57.0 Å². The van der Waals surface area contributed by atoms with E-state index >= 15 is 0 Å². The van der Waals surface area contributed by atoms with Crippen LogP contribution in [0.5, 0.6) is 0 Å². The molecule has 1 aromatic heterocycles. The number of hydrogen-bond donors (Lipinski definition) is 1. The van der Waals surface area contributed by atoms with Crippen LogP contribution in [0.25, 0.3) is 0 Å². The average molecular weight is 368 g/mol. The Morgan fingerprint density at radius 3 is 2.41 bits per heavy atom. The summed E-state index contributed by atoms with van der Waals surface area (Å²) in [5.74, 6) is 0.718. The highest BCUT2D eigenvalue weighted by atomic mass is 16.1. The summed E-state index contributed by atoms with van der Waals surface area (Å²) in [5, 5.41) is 12.9. The molecule has 1 aliphatic heterocycles. The number of likely N-dealkylation sites (tertiary alicyclic amines) is 1. The van der Waals surface area contributed by atoms with E-state index in [0.29, 0.717) is 6.04 Å². The van der Waals surface area contributed by atoms with E-state index in [1.807, 2.05) is 6.07 Å². The van der Waals surface area contributed by atoms with E-state index in [0.717, 1.165) is 44.6 Å². The Morgan fingerprint density at radius 1 is 1.04 bits per heavy atom. The first-order valence-electron chi connectivity index (χ1n) is 10.1. The van der Waals surface area contributed by atoms with Gasteiger partial charge in [0.15, 0.2) is 5.82 Å². The third-order valence-corrected chi connectivity index (χ3v) is 6.10. The summed E-state index contributed by atoms with van der Waals surface area (Å²) in [5.41, 5.74) is 6.72. The molecule has 1 saturated heterocycles. The van der Waals surface area contributed by atoms with Crippen molar-refractivity contribution in [3.8, 4) is 0 Å². The van der Waals surface area contributed by atoms with Crippen molar-refractivity contribution >= 4 is 5.91 Å².